The second-order valence-electron chi connectivity index (χ2n) is 8.21. The van der Waals surface area contributed by atoms with E-state index in [1.54, 1.807) is 7.11 Å². The number of β-amino-alcohol motifs (C(OH)–C–C–N with tert-alkyl or cyclic N) is 1. The lowest BCUT2D eigenvalue weighted by Crippen LogP contribution is -2.33. The standard InChI is InChI=1S/C22H36N2O4/c1-23(14-18-7-11-27-12-8-18)15-19-5-6-21(26-2)22(13-19)28-17-20(25)16-24-9-3-4-10-24/h5-6,13,18,20,25H,3-4,7-12,14-17H2,1-2H3. The van der Waals surface area contributed by atoms with Crippen LogP contribution in [0.3, 0.4) is 0 Å². The van der Waals surface area contributed by atoms with E-state index < -0.39 is 6.10 Å². The topological polar surface area (TPSA) is 54.4 Å². The van der Waals surface area contributed by atoms with Crippen LogP contribution in [0.2, 0.25) is 0 Å². The second kappa shape index (κ2) is 11.0. The van der Waals surface area contributed by atoms with E-state index in [-0.39, 0.29) is 6.61 Å². The molecule has 0 aliphatic carbocycles. The number of methoxy groups -OCH3 is 1. The minimum Gasteiger partial charge on any atom is -0.493 e. The summed E-state index contributed by atoms with van der Waals surface area (Å²) in [7, 11) is 3.82. The lowest BCUT2D eigenvalue weighted by atomic mass is 10.00. The average molecular weight is 393 g/mol. The molecule has 2 fully saturated rings. The maximum absolute atomic E-state index is 10.3. The third-order valence-electron chi connectivity index (χ3n) is 5.69. The number of rotatable bonds is 10. The SMILES string of the molecule is COc1ccc(CN(C)CC2CCOCC2)cc1OCC(O)CN1CCCC1. The van der Waals surface area contributed by atoms with Crippen molar-refractivity contribution in [2.75, 3.05) is 60.2 Å². The zero-order valence-corrected chi connectivity index (χ0v) is 17.4. The molecule has 28 heavy (non-hydrogen) atoms. The van der Waals surface area contributed by atoms with Crippen molar-refractivity contribution in [1.29, 1.82) is 0 Å². The van der Waals surface area contributed by atoms with Crippen molar-refractivity contribution in [3.63, 3.8) is 0 Å². The highest BCUT2D eigenvalue weighted by atomic mass is 16.5. The second-order valence-corrected chi connectivity index (χ2v) is 8.21. The average Bonchev–Trinajstić information content (AvgIpc) is 3.20. The Labute approximate surface area is 169 Å². The van der Waals surface area contributed by atoms with E-state index in [2.05, 4.69) is 22.9 Å². The van der Waals surface area contributed by atoms with Gasteiger partial charge in [-0.15, -0.1) is 0 Å². The number of aliphatic hydroxyl groups excluding tert-OH is 1. The van der Waals surface area contributed by atoms with Crippen LogP contribution in [0.5, 0.6) is 11.5 Å². The lowest BCUT2D eigenvalue weighted by Gasteiger charge is -2.27. The number of ether oxygens (including phenoxy) is 3. The third-order valence-corrected chi connectivity index (χ3v) is 5.69. The van der Waals surface area contributed by atoms with Crippen molar-refractivity contribution in [1.82, 2.24) is 9.80 Å². The first kappa shape index (κ1) is 21.4. The Balaban J connectivity index is 1.51. The van der Waals surface area contributed by atoms with E-state index in [0.29, 0.717) is 24.0 Å². The summed E-state index contributed by atoms with van der Waals surface area (Å²) >= 11 is 0. The zero-order valence-electron chi connectivity index (χ0n) is 17.4. The van der Waals surface area contributed by atoms with Gasteiger partial charge in [-0.2, -0.15) is 0 Å². The van der Waals surface area contributed by atoms with Gasteiger partial charge in [-0.05, 0) is 69.4 Å². The Morgan fingerprint density at radius 3 is 2.68 bits per heavy atom. The van der Waals surface area contributed by atoms with Gasteiger partial charge in [-0.25, -0.2) is 0 Å². The molecular weight excluding hydrogens is 356 g/mol. The van der Waals surface area contributed by atoms with E-state index in [9.17, 15) is 5.11 Å². The molecule has 0 spiro atoms. The van der Waals surface area contributed by atoms with Crippen LogP contribution >= 0.6 is 0 Å². The van der Waals surface area contributed by atoms with Gasteiger partial charge in [0, 0.05) is 32.8 Å². The molecule has 0 amide bonds. The minimum atomic E-state index is -0.484. The van der Waals surface area contributed by atoms with Crippen LogP contribution in [0.25, 0.3) is 0 Å². The highest BCUT2D eigenvalue weighted by molar-refractivity contribution is 5.43. The summed E-state index contributed by atoms with van der Waals surface area (Å²) in [4.78, 5) is 4.66. The fourth-order valence-corrected chi connectivity index (χ4v) is 4.18. The molecule has 6 nitrogen and oxygen atoms in total. The van der Waals surface area contributed by atoms with Gasteiger partial charge in [-0.1, -0.05) is 6.07 Å². The molecule has 2 heterocycles. The fourth-order valence-electron chi connectivity index (χ4n) is 4.18. The Bertz CT molecular complexity index is 586. The first-order valence-corrected chi connectivity index (χ1v) is 10.6. The van der Waals surface area contributed by atoms with Gasteiger partial charge in [0.25, 0.3) is 0 Å². The van der Waals surface area contributed by atoms with Gasteiger partial charge in [0.15, 0.2) is 11.5 Å². The summed E-state index contributed by atoms with van der Waals surface area (Å²) in [6.07, 6.45) is 4.27. The number of likely N-dealkylation sites (tertiary alicyclic amines) is 1. The monoisotopic (exact) mass is 392 g/mol. The molecule has 1 unspecified atom stereocenters. The summed E-state index contributed by atoms with van der Waals surface area (Å²) in [6.45, 7) is 6.85. The molecule has 3 rings (SSSR count). The van der Waals surface area contributed by atoms with E-state index >= 15 is 0 Å². The van der Waals surface area contributed by atoms with Gasteiger partial charge < -0.3 is 29.1 Å². The van der Waals surface area contributed by atoms with E-state index in [1.807, 2.05) is 12.1 Å². The number of hydrogen-bond donors (Lipinski definition) is 1. The van der Waals surface area contributed by atoms with Gasteiger partial charge in [0.05, 0.1) is 7.11 Å². The summed E-state index contributed by atoms with van der Waals surface area (Å²) < 4.78 is 16.8. The fraction of sp³-hybridized carbons (Fsp3) is 0.727. The molecule has 1 aromatic carbocycles. The van der Waals surface area contributed by atoms with Crippen LogP contribution < -0.4 is 9.47 Å². The Morgan fingerprint density at radius 2 is 1.96 bits per heavy atom. The smallest absolute Gasteiger partial charge is 0.161 e. The normalized spacial score (nSPS) is 19.9. The van der Waals surface area contributed by atoms with Crippen LogP contribution in [0.1, 0.15) is 31.2 Å². The first-order valence-electron chi connectivity index (χ1n) is 10.6. The molecule has 1 atom stereocenters. The minimum absolute atomic E-state index is 0.286. The molecule has 2 aliphatic heterocycles. The van der Waals surface area contributed by atoms with Crippen LogP contribution in [0.4, 0.5) is 0 Å². The van der Waals surface area contributed by atoms with Gasteiger partial charge >= 0.3 is 0 Å². The highest BCUT2D eigenvalue weighted by Crippen LogP contribution is 2.29. The van der Waals surface area contributed by atoms with Crippen molar-refractivity contribution in [3.8, 4) is 11.5 Å². The van der Waals surface area contributed by atoms with Crippen LogP contribution in [0, 0.1) is 5.92 Å². The number of hydrogen-bond acceptors (Lipinski definition) is 6. The lowest BCUT2D eigenvalue weighted by molar-refractivity contribution is 0.0549. The molecule has 0 bridgehead atoms. The predicted octanol–water partition coefficient (Wildman–Crippen LogP) is 2.39. The summed E-state index contributed by atoms with van der Waals surface area (Å²) in [5.41, 5.74) is 1.19. The molecule has 6 heteroatoms. The van der Waals surface area contributed by atoms with Gasteiger partial charge in [-0.3, -0.25) is 0 Å². The number of benzene rings is 1. The van der Waals surface area contributed by atoms with Crippen molar-refractivity contribution in [2.45, 2.75) is 38.3 Å². The summed E-state index contributed by atoms with van der Waals surface area (Å²) in [6, 6.07) is 6.09. The quantitative estimate of drug-likeness (QED) is 0.660. The number of aliphatic hydroxyl groups is 1. The van der Waals surface area contributed by atoms with Gasteiger partial charge in [0.1, 0.15) is 12.7 Å². The zero-order chi connectivity index (χ0) is 19.8. The van der Waals surface area contributed by atoms with Crippen molar-refractivity contribution >= 4 is 0 Å². The van der Waals surface area contributed by atoms with Crippen LogP contribution in [-0.4, -0.2) is 81.2 Å². The molecule has 0 radical (unpaired) electrons. The predicted molar refractivity (Wildman–Crippen MR) is 110 cm³/mol. The van der Waals surface area contributed by atoms with E-state index in [0.717, 1.165) is 52.2 Å². The highest BCUT2D eigenvalue weighted by Gasteiger charge is 2.18. The third kappa shape index (κ3) is 6.62. The molecule has 158 valence electrons. The van der Waals surface area contributed by atoms with Crippen molar-refractivity contribution in [2.24, 2.45) is 5.92 Å². The van der Waals surface area contributed by atoms with Crippen molar-refractivity contribution < 1.29 is 19.3 Å². The Hall–Kier alpha value is -1.34. The van der Waals surface area contributed by atoms with Gasteiger partial charge in [0.2, 0.25) is 0 Å². The molecule has 0 saturated carbocycles. The molecule has 1 aromatic rings. The summed E-state index contributed by atoms with van der Waals surface area (Å²) in [5, 5.41) is 10.3. The maximum atomic E-state index is 10.3. The van der Waals surface area contributed by atoms with E-state index in [1.165, 1.54) is 18.4 Å². The Kier molecular flexibility index (Phi) is 8.40. The molecule has 2 saturated heterocycles. The molecule has 1 N–H and O–H groups in total. The molecular formula is C22H36N2O4. The first-order chi connectivity index (χ1) is 13.6. The molecule has 2 aliphatic rings. The Morgan fingerprint density at radius 1 is 1.21 bits per heavy atom. The largest absolute Gasteiger partial charge is 0.493 e. The number of nitrogens with zero attached hydrogens (tertiary/aromatic N) is 2. The van der Waals surface area contributed by atoms with E-state index in [4.69, 9.17) is 14.2 Å². The maximum Gasteiger partial charge on any atom is 0.161 e. The van der Waals surface area contributed by atoms with Crippen LogP contribution in [0.15, 0.2) is 18.2 Å². The molecule has 0 aromatic heterocycles. The summed E-state index contributed by atoms with van der Waals surface area (Å²) in [5.74, 6) is 2.14. The van der Waals surface area contributed by atoms with Crippen LogP contribution in [-0.2, 0) is 11.3 Å². The van der Waals surface area contributed by atoms with Crippen molar-refractivity contribution in [3.05, 3.63) is 23.8 Å².